The molecule has 1 atom stereocenters. The molecule has 1 N–H and O–H groups in total. The zero-order chi connectivity index (χ0) is 12.4. The molecule has 1 saturated heterocycles. The van der Waals surface area contributed by atoms with Crippen LogP contribution in [-0.4, -0.2) is 54.2 Å². The van der Waals surface area contributed by atoms with Crippen LogP contribution in [0.5, 0.6) is 0 Å². The summed E-state index contributed by atoms with van der Waals surface area (Å²) in [5.74, 6) is 0. The summed E-state index contributed by atoms with van der Waals surface area (Å²) in [5.41, 5.74) is -1.50. The molecule has 0 spiro atoms. The molecule has 1 aliphatic rings. The molecule has 0 saturated carbocycles. The molecule has 100 valence electrons. The third-order valence-electron chi connectivity index (χ3n) is 2.46. The van der Waals surface area contributed by atoms with Crippen molar-refractivity contribution >= 4 is 12.4 Å². The van der Waals surface area contributed by atoms with Crippen LogP contribution < -0.4 is 18.9 Å². The Kier molecular flexibility index (Phi) is 7.86. The average Bonchev–Trinajstić information content (AvgIpc) is 2.60. The minimum atomic E-state index is -0.975. The number of hydrogen-bond acceptors (Lipinski definition) is 5. The Labute approximate surface area is 119 Å². The summed E-state index contributed by atoms with van der Waals surface area (Å²) in [5, 5.41) is 0. The van der Waals surface area contributed by atoms with Crippen molar-refractivity contribution in [3.63, 3.8) is 0 Å². The number of rotatable bonds is 2. The van der Waals surface area contributed by atoms with Gasteiger partial charge in [0.1, 0.15) is 5.60 Å². The Balaban J connectivity index is 0. The molecule has 0 aromatic heterocycles. The zero-order valence-corrected chi connectivity index (χ0v) is 11.6. The van der Waals surface area contributed by atoms with Crippen LogP contribution in [0.2, 0.25) is 0 Å². The molecular formula is C11H19LiNO5-. The zero-order valence-electron chi connectivity index (χ0n) is 11.6. The second kappa shape index (κ2) is 7.15. The van der Waals surface area contributed by atoms with Gasteiger partial charge in [-0.05, 0) is 32.8 Å². The number of methoxy groups -OCH3 is 1. The van der Waals surface area contributed by atoms with Crippen molar-refractivity contribution in [3.8, 4) is 0 Å². The molecule has 1 heterocycles. The first-order valence-corrected chi connectivity index (χ1v) is 5.24. The third kappa shape index (κ3) is 4.99. The fourth-order valence-electron chi connectivity index (χ4n) is 1.56. The predicted octanol–water partition coefficient (Wildman–Crippen LogP) is -2.05. The number of carbonyl (C=O) groups excluding carboxylic acids is 2. The van der Waals surface area contributed by atoms with Crippen LogP contribution in [0.25, 0.3) is 0 Å². The van der Waals surface area contributed by atoms with E-state index in [1.165, 1.54) is 12.0 Å². The molecule has 1 rings (SSSR count). The van der Waals surface area contributed by atoms with Crippen LogP contribution in [0.3, 0.4) is 0 Å². The van der Waals surface area contributed by atoms with E-state index in [1.54, 1.807) is 20.8 Å². The molecule has 6 nitrogen and oxygen atoms in total. The van der Waals surface area contributed by atoms with Crippen molar-refractivity contribution in [1.82, 2.24) is 4.90 Å². The number of hydrogen-bond donors (Lipinski definition) is 0. The summed E-state index contributed by atoms with van der Waals surface area (Å²) in [6.07, 6.45) is 1.90. The van der Waals surface area contributed by atoms with E-state index in [1.807, 2.05) is 6.29 Å². The van der Waals surface area contributed by atoms with Gasteiger partial charge in [-0.2, -0.15) is 0 Å². The summed E-state index contributed by atoms with van der Waals surface area (Å²) in [4.78, 5) is 24.0. The summed E-state index contributed by atoms with van der Waals surface area (Å²) in [6.45, 7) is 6.07. The topological polar surface area (TPSA) is 85.8 Å². The van der Waals surface area contributed by atoms with Crippen LogP contribution in [0.1, 0.15) is 27.2 Å². The Morgan fingerprint density at radius 2 is 1.94 bits per heavy atom. The van der Waals surface area contributed by atoms with E-state index >= 15 is 0 Å². The van der Waals surface area contributed by atoms with Crippen molar-refractivity contribution in [2.45, 2.75) is 38.4 Å². The van der Waals surface area contributed by atoms with Gasteiger partial charge in [-0.3, -0.25) is 0 Å². The first kappa shape index (κ1) is 19.8. The largest absolute Gasteiger partial charge is 1.00 e. The molecular weight excluding hydrogens is 233 g/mol. The van der Waals surface area contributed by atoms with Gasteiger partial charge in [-0.25, -0.2) is 11.1 Å². The standard InChI is InChI=1S/C11H18NO4.Li.H2O/c1-10(2,3)16-9(14)12-6-5-11(7-12,8-13)15-4;;/h5-7H2,1-4H3;;1H2/q-1;+1;/p-1/t11-;;/m0../s1. The quantitative estimate of drug-likeness (QED) is 0.417. The van der Waals surface area contributed by atoms with E-state index < -0.39 is 17.3 Å². The minimum absolute atomic E-state index is 0. The Hall–Kier alpha value is -0.543. The number of likely N-dealkylation sites (tertiary alicyclic amines) is 1. The summed E-state index contributed by atoms with van der Waals surface area (Å²) < 4.78 is 10.3. The summed E-state index contributed by atoms with van der Waals surface area (Å²) in [7, 11) is 1.45. The second-order valence-electron chi connectivity index (χ2n) is 4.95. The van der Waals surface area contributed by atoms with Crippen molar-refractivity contribution in [2.24, 2.45) is 0 Å². The molecule has 0 bridgehead atoms. The maximum atomic E-state index is 11.7. The van der Waals surface area contributed by atoms with Gasteiger partial charge in [0.05, 0.1) is 0 Å². The Morgan fingerprint density at radius 3 is 2.28 bits per heavy atom. The fraction of sp³-hybridized carbons (Fsp3) is 0.818. The first-order valence-electron chi connectivity index (χ1n) is 5.24. The van der Waals surface area contributed by atoms with E-state index in [4.69, 9.17) is 9.47 Å². The van der Waals surface area contributed by atoms with Crippen LogP contribution in [-0.2, 0) is 14.3 Å². The van der Waals surface area contributed by atoms with Gasteiger partial charge in [0.2, 0.25) is 0 Å². The molecule has 0 aliphatic carbocycles. The first-order chi connectivity index (χ1) is 7.32. The monoisotopic (exact) mass is 252 g/mol. The van der Waals surface area contributed by atoms with Crippen molar-refractivity contribution in [3.05, 3.63) is 0 Å². The number of carbonyl (C=O) groups is 1. The minimum Gasteiger partial charge on any atom is -0.870 e. The maximum absolute atomic E-state index is 11.7. The van der Waals surface area contributed by atoms with Gasteiger partial charge in [0, 0.05) is 20.2 Å². The molecule has 0 aromatic rings. The smallest absolute Gasteiger partial charge is 0.870 e. The molecule has 7 heteroatoms. The van der Waals surface area contributed by atoms with Gasteiger partial charge >= 0.3 is 25.0 Å². The summed E-state index contributed by atoms with van der Waals surface area (Å²) in [6, 6.07) is 0. The van der Waals surface area contributed by atoms with Crippen LogP contribution >= 0.6 is 0 Å². The normalized spacial score (nSPS) is 22.8. The van der Waals surface area contributed by atoms with E-state index in [2.05, 4.69) is 0 Å². The fourth-order valence-corrected chi connectivity index (χ4v) is 1.56. The third-order valence-corrected chi connectivity index (χ3v) is 2.46. The van der Waals surface area contributed by atoms with Crippen molar-refractivity contribution < 1.29 is 43.4 Å². The van der Waals surface area contributed by atoms with E-state index in [9.17, 15) is 9.59 Å². The average molecular weight is 252 g/mol. The van der Waals surface area contributed by atoms with E-state index in [0.29, 0.717) is 13.0 Å². The SMILES string of the molecule is CO[C@@]1([C-]=O)CCN(C(=O)OC(C)(C)C)C1.[Li+].[OH-]. The molecule has 0 aromatic carbocycles. The number of ether oxygens (including phenoxy) is 2. The van der Waals surface area contributed by atoms with E-state index in [0.717, 1.165) is 0 Å². The molecule has 0 unspecified atom stereocenters. The molecule has 1 amide bonds. The predicted molar refractivity (Wildman–Crippen MR) is 59.8 cm³/mol. The molecule has 1 aliphatic heterocycles. The van der Waals surface area contributed by atoms with Crippen LogP contribution in [0, 0.1) is 0 Å². The van der Waals surface area contributed by atoms with Gasteiger partial charge in [-0.15, -0.1) is 0 Å². The van der Waals surface area contributed by atoms with Crippen molar-refractivity contribution in [2.75, 3.05) is 20.2 Å². The number of amides is 1. The van der Waals surface area contributed by atoms with Crippen LogP contribution in [0.15, 0.2) is 0 Å². The molecule has 1 fully saturated rings. The summed E-state index contributed by atoms with van der Waals surface area (Å²) >= 11 is 0. The van der Waals surface area contributed by atoms with E-state index in [-0.39, 0.29) is 30.9 Å². The van der Waals surface area contributed by atoms with Gasteiger partial charge in [0.25, 0.3) is 0 Å². The van der Waals surface area contributed by atoms with Gasteiger partial charge < -0.3 is 24.6 Å². The number of nitrogens with zero attached hydrogens (tertiary/aromatic N) is 1. The van der Waals surface area contributed by atoms with Crippen LogP contribution in [0.4, 0.5) is 4.79 Å². The molecule has 18 heavy (non-hydrogen) atoms. The Bertz CT molecular complexity index is 292. The maximum Gasteiger partial charge on any atom is 1.00 e. The van der Waals surface area contributed by atoms with Crippen molar-refractivity contribution in [1.29, 1.82) is 0 Å². The van der Waals surface area contributed by atoms with Gasteiger partial charge in [0.15, 0.2) is 0 Å². The molecule has 0 radical (unpaired) electrons. The second-order valence-corrected chi connectivity index (χ2v) is 4.95. The van der Waals surface area contributed by atoms with Gasteiger partial charge in [-0.1, -0.05) is 0 Å². The Morgan fingerprint density at radius 1 is 1.39 bits per heavy atom.